The number of nitrogens with zero attached hydrogens (tertiary/aromatic N) is 1. The molecule has 1 aliphatic heterocycles. The molecule has 1 saturated heterocycles. The molecular weight excluding hydrogens is 419 g/mol. The molecule has 1 N–H and O–H groups in total. The lowest BCUT2D eigenvalue weighted by Crippen LogP contribution is -2.43. The SMILES string of the molecule is Cc1ccc(S(=O)(=O)N2CCC[C@H]2C(=O)Nc2cc(S(C)(=O)=O)ccc2F)cc1. The van der Waals surface area contributed by atoms with E-state index >= 15 is 0 Å². The van der Waals surface area contributed by atoms with E-state index in [0.717, 1.165) is 34.3 Å². The summed E-state index contributed by atoms with van der Waals surface area (Å²) in [6.07, 6.45) is 1.73. The van der Waals surface area contributed by atoms with E-state index in [2.05, 4.69) is 5.32 Å². The lowest BCUT2D eigenvalue weighted by Gasteiger charge is -2.23. The van der Waals surface area contributed by atoms with Crippen molar-refractivity contribution in [2.75, 3.05) is 18.1 Å². The first-order valence-corrected chi connectivity index (χ1v) is 12.2. The minimum atomic E-state index is -3.90. The van der Waals surface area contributed by atoms with Crippen LogP contribution in [-0.2, 0) is 24.7 Å². The summed E-state index contributed by atoms with van der Waals surface area (Å²) >= 11 is 0. The van der Waals surface area contributed by atoms with Crippen LogP contribution in [0.25, 0.3) is 0 Å². The molecule has 0 aromatic heterocycles. The Morgan fingerprint density at radius 3 is 2.31 bits per heavy atom. The van der Waals surface area contributed by atoms with E-state index in [-0.39, 0.29) is 28.4 Å². The van der Waals surface area contributed by atoms with Crippen molar-refractivity contribution < 1.29 is 26.0 Å². The average molecular weight is 441 g/mol. The van der Waals surface area contributed by atoms with Gasteiger partial charge in [0.25, 0.3) is 0 Å². The molecule has 0 aliphatic carbocycles. The van der Waals surface area contributed by atoms with Crippen LogP contribution < -0.4 is 5.32 Å². The number of sulfonamides is 1. The van der Waals surface area contributed by atoms with E-state index in [1.165, 1.54) is 12.1 Å². The van der Waals surface area contributed by atoms with Crippen molar-refractivity contribution in [3.05, 3.63) is 53.8 Å². The molecule has 0 saturated carbocycles. The van der Waals surface area contributed by atoms with Gasteiger partial charge in [-0.25, -0.2) is 21.2 Å². The first-order chi connectivity index (χ1) is 13.5. The lowest BCUT2D eigenvalue weighted by atomic mass is 10.2. The van der Waals surface area contributed by atoms with Gasteiger partial charge in [0.1, 0.15) is 11.9 Å². The van der Waals surface area contributed by atoms with Gasteiger partial charge in [0.15, 0.2) is 9.84 Å². The summed E-state index contributed by atoms with van der Waals surface area (Å²) in [4.78, 5) is 12.7. The molecule has 0 unspecified atom stereocenters. The second-order valence-electron chi connectivity index (χ2n) is 6.99. The van der Waals surface area contributed by atoms with Crippen LogP contribution in [0.3, 0.4) is 0 Å². The Hall–Kier alpha value is -2.30. The van der Waals surface area contributed by atoms with Gasteiger partial charge in [0.05, 0.1) is 15.5 Å². The Balaban J connectivity index is 1.87. The second-order valence-corrected chi connectivity index (χ2v) is 10.9. The number of anilines is 1. The Kier molecular flexibility index (Phi) is 5.79. The molecular formula is C19H21FN2O5S2. The van der Waals surface area contributed by atoms with Crippen molar-refractivity contribution in [2.24, 2.45) is 0 Å². The number of sulfone groups is 1. The summed E-state index contributed by atoms with van der Waals surface area (Å²) in [7, 11) is -7.50. The van der Waals surface area contributed by atoms with Gasteiger partial charge in [0, 0.05) is 12.8 Å². The fourth-order valence-corrected chi connectivity index (χ4v) is 5.49. The van der Waals surface area contributed by atoms with Crippen LogP contribution in [-0.4, -0.2) is 45.9 Å². The Labute approximate surface area is 169 Å². The number of halogens is 1. The smallest absolute Gasteiger partial charge is 0.243 e. The molecule has 1 atom stereocenters. The normalized spacial score (nSPS) is 18.0. The van der Waals surface area contributed by atoms with Gasteiger partial charge < -0.3 is 5.32 Å². The van der Waals surface area contributed by atoms with Crippen molar-refractivity contribution in [1.29, 1.82) is 0 Å². The number of hydrogen-bond acceptors (Lipinski definition) is 5. The van der Waals surface area contributed by atoms with Crippen LogP contribution in [0.15, 0.2) is 52.3 Å². The molecule has 2 aromatic carbocycles. The van der Waals surface area contributed by atoms with E-state index in [0.29, 0.717) is 6.42 Å². The zero-order valence-electron chi connectivity index (χ0n) is 15.9. The van der Waals surface area contributed by atoms with Gasteiger partial charge in [-0.15, -0.1) is 0 Å². The molecule has 0 spiro atoms. The second kappa shape index (κ2) is 7.85. The number of rotatable bonds is 5. The predicted octanol–water partition coefficient (Wildman–Crippen LogP) is 2.33. The average Bonchev–Trinajstić information content (AvgIpc) is 3.14. The zero-order chi connectivity index (χ0) is 21.4. The largest absolute Gasteiger partial charge is 0.322 e. The molecule has 10 heteroatoms. The van der Waals surface area contributed by atoms with E-state index in [4.69, 9.17) is 0 Å². The van der Waals surface area contributed by atoms with Gasteiger partial charge in [-0.2, -0.15) is 4.31 Å². The highest BCUT2D eigenvalue weighted by Crippen LogP contribution is 2.28. The van der Waals surface area contributed by atoms with Crippen molar-refractivity contribution >= 4 is 31.5 Å². The molecule has 1 aliphatic rings. The molecule has 1 heterocycles. The highest BCUT2D eigenvalue weighted by atomic mass is 32.2. The summed E-state index contributed by atoms with van der Waals surface area (Å²) in [5, 5.41) is 2.34. The molecule has 0 radical (unpaired) electrons. The Morgan fingerprint density at radius 2 is 1.69 bits per heavy atom. The number of hydrogen-bond donors (Lipinski definition) is 1. The van der Waals surface area contributed by atoms with Crippen molar-refractivity contribution in [3.8, 4) is 0 Å². The minimum absolute atomic E-state index is 0.0769. The molecule has 7 nitrogen and oxygen atoms in total. The maximum absolute atomic E-state index is 14.1. The topological polar surface area (TPSA) is 101 Å². The summed E-state index contributed by atoms with van der Waals surface area (Å²) < 4.78 is 64.5. The van der Waals surface area contributed by atoms with Crippen molar-refractivity contribution in [1.82, 2.24) is 4.31 Å². The van der Waals surface area contributed by atoms with E-state index in [1.54, 1.807) is 12.1 Å². The van der Waals surface area contributed by atoms with Crippen LogP contribution in [0.1, 0.15) is 18.4 Å². The number of nitrogens with one attached hydrogen (secondary N) is 1. The van der Waals surface area contributed by atoms with E-state index in [9.17, 15) is 26.0 Å². The fraction of sp³-hybridized carbons (Fsp3) is 0.316. The quantitative estimate of drug-likeness (QED) is 0.720. The summed E-state index contributed by atoms with van der Waals surface area (Å²) in [6, 6.07) is 8.36. The summed E-state index contributed by atoms with van der Waals surface area (Å²) in [6.45, 7) is 2.00. The van der Waals surface area contributed by atoms with Crippen LogP contribution in [0.4, 0.5) is 10.1 Å². The summed E-state index contributed by atoms with van der Waals surface area (Å²) in [5.74, 6) is -1.51. The number of carbonyl (C=O) groups excluding carboxylic acids is 1. The lowest BCUT2D eigenvalue weighted by molar-refractivity contribution is -0.119. The van der Waals surface area contributed by atoms with Crippen molar-refractivity contribution in [2.45, 2.75) is 35.6 Å². The molecule has 1 amide bonds. The van der Waals surface area contributed by atoms with Crippen LogP contribution >= 0.6 is 0 Å². The van der Waals surface area contributed by atoms with Gasteiger partial charge in [-0.1, -0.05) is 17.7 Å². The third-order valence-electron chi connectivity index (χ3n) is 4.76. The molecule has 0 bridgehead atoms. The summed E-state index contributed by atoms with van der Waals surface area (Å²) in [5.41, 5.74) is 0.596. The fourth-order valence-electron chi connectivity index (χ4n) is 3.18. The van der Waals surface area contributed by atoms with Gasteiger partial charge in [-0.05, 0) is 50.1 Å². The molecule has 1 fully saturated rings. The third-order valence-corrected chi connectivity index (χ3v) is 7.79. The van der Waals surface area contributed by atoms with Gasteiger partial charge >= 0.3 is 0 Å². The standard InChI is InChI=1S/C19H21FN2O5S2/c1-13-5-7-14(8-6-13)29(26,27)22-11-3-4-18(22)19(23)21-17-12-15(28(2,24)25)9-10-16(17)20/h5-10,12,18H,3-4,11H2,1-2H3,(H,21,23)/t18-/m0/s1. The molecule has 156 valence electrons. The van der Waals surface area contributed by atoms with E-state index < -0.39 is 37.6 Å². The first-order valence-electron chi connectivity index (χ1n) is 8.89. The highest BCUT2D eigenvalue weighted by molar-refractivity contribution is 7.90. The van der Waals surface area contributed by atoms with Crippen LogP contribution in [0.5, 0.6) is 0 Å². The number of benzene rings is 2. The Morgan fingerprint density at radius 1 is 1.07 bits per heavy atom. The molecule has 3 rings (SSSR count). The van der Waals surface area contributed by atoms with Gasteiger partial charge in [-0.3, -0.25) is 4.79 Å². The molecule has 29 heavy (non-hydrogen) atoms. The number of amides is 1. The third kappa shape index (κ3) is 4.49. The molecule has 2 aromatic rings. The highest BCUT2D eigenvalue weighted by Gasteiger charge is 2.39. The minimum Gasteiger partial charge on any atom is -0.322 e. The number of carbonyl (C=O) groups is 1. The Bertz CT molecular complexity index is 1150. The van der Waals surface area contributed by atoms with Crippen molar-refractivity contribution in [3.63, 3.8) is 0 Å². The predicted molar refractivity (Wildman–Crippen MR) is 106 cm³/mol. The van der Waals surface area contributed by atoms with E-state index in [1.807, 2.05) is 6.92 Å². The van der Waals surface area contributed by atoms with Crippen LogP contribution in [0.2, 0.25) is 0 Å². The van der Waals surface area contributed by atoms with Crippen LogP contribution in [0, 0.1) is 12.7 Å². The maximum atomic E-state index is 14.1. The number of aryl methyl sites for hydroxylation is 1. The van der Waals surface area contributed by atoms with Gasteiger partial charge in [0.2, 0.25) is 15.9 Å². The monoisotopic (exact) mass is 440 g/mol. The maximum Gasteiger partial charge on any atom is 0.243 e. The first kappa shape index (κ1) is 21.4. The zero-order valence-corrected chi connectivity index (χ0v) is 17.6.